The molecule has 13 heavy (non-hydrogen) atoms. The zero-order chi connectivity index (χ0) is 9.42. The minimum Gasteiger partial charge on any atom is -0.363 e. The first kappa shape index (κ1) is 8.31. The second kappa shape index (κ2) is 2.88. The molecule has 2 aromatic rings. The van der Waals surface area contributed by atoms with Gasteiger partial charge in [-0.05, 0) is 0 Å². The third-order valence-electron chi connectivity index (χ3n) is 1.77. The van der Waals surface area contributed by atoms with E-state index < -0.39 is 0 Å². The second-order valence-corrected chi connectivity index (χ2v) is 3.32. The highest BCUT2D eigenvalue weighted by molar-refractivity contribution is 6.29. The summed E-state index contributed by atoms with van der Waals surface area (Å²) in [5.74, 6) is 0.917. The zero-order valence-electron chi connectivity index (χ0n) is 7.40. The Labute approximate surface area is 80.8 Å². The zero-order valence-corrected chi connectivity index (χ0v) is 8.15. The van der Waals surface area contributed by atoms with Crippen molar-refractivity contribution in [3.05, 3.63) is 23.5 Å². The van der Waals surface area contributed by atoms with Crippen LogP contribution < -0.4 is 4.90 Å². The molecular formula is C8H9ClN4. The van der Waals surface area contributed by atoms with E-state index in [9.17, 15) is 0 Å². The summed E-state index contributed by atoms with van der Waals surface area (Å²) in [4.78, 5) is 6.06. The highest BCUT2D eigenvalue weighted by Gasteiger charge is 2.05. The van der Waals surface area contributed by atoms with E-state index in [1.54, 1.807) is 16.8 Å². The van der Waals surface area contributed by atoms with Gasteiger partial charge in [-0.3, -0.25) is 0 Å². The van der Waals surface area contributed by atoms with E-state index in [1.807, 2.05) is 25.1 Å². The number of aromatic nitrogens is 3. The Kier molecular flexibility index (Phi) is 1.84. The van der Waals surface area contributed by atoms with Crippen LogP contribution >= 0.6 is 11.6 Å². The normalized spacial score (nSPS) is 10.7. The van der Waals surface area contributed by atoms with Crippen molar-refractivity contribution in [2.75, 3.05) is 19.0 Å². The Morgan fingerprint density at radius 3 is 2.92 bits per heavy atom. The van der Waals surface area contributed by atoms with Crippen LogP contribution in [0.15, 0.2) is 18.3 Å². The lowest BCUT2D eigenvalue weighted by Crippen LogP contribution is -2.14. The van der Waals surface area contributed by atoms with E-state index in [2.05, 4.69) is 10.1 Å². The molecule has 2 aromatic heterocycles. The summed E-state index contributed by atoms with van der Waals surface area (Å²) in [6.07, 6.45) is 1.70. The SMILES string of the molecule is CN(C)c1cc(Cl)nc2ccnn12. The molecule has 0 amide bonds. The Bertz CT molecular complexity index is 435. The standard InChI is InChI=1S/C8H9ClN4/c1-12(2)8-5-6(9)11-7-3-4-10-13(7)8/h3-5H,1-2H3. The molecule has 0 bridgehead atoms. The molecular weight excluding hydrogens is 188 g/mol. The van der Waals surface area contributed by atoms with Crippen molar-refractivity contribution < 1.29 is 0 Å². The lowest BCUT2D eigenvalue weighted by Gasteiger charge is -2.13. The predicted molar refractivity (Wildman–Crippen MR) is 52.3 cm³/mol. The van der Waals surface area contributed by atoms with E-state index in [0.29, 0.717) is 5.15 Å². The van der Waals surface area contributed by atoms with Gasteiger partial charge in [0.1, 0.15) is 11.0 Å². The van der Waals surface area contributed by atoms with Crippen LogP contribution in [-0.2, 0) is 0 Å². The van der Waals surface area contributed by atoms with Gasteiger partial charge in [0.2, 0.25) is 0 Å². The number of hydrogen-bond donors (Lipinski definition) is 0. The van der Waals surface area contributed by atoms with Gasteiger partial charge in [-0.15, -0.1) is 0 Å². The first-order valence-electron chi connectivity index (χ1n) is 3.86. The minimum absolute atomic E-state index is 0.483. The summed E-state index contributed by atoms with van der Waals surface area (Å²) in [5, 5.41) is 4.62. The van der Waals surface area contributed by atoms with Gasteiger partial charge in [-0.25, -0.2) is 4.98 Å². The number of nitrogens with zero attached hydrogens (tertiary/aromatic N) is 4. The van der Waals surface area contributed by atoms with Crippen molar-refractivity contribution in [2.45, 2.75) is 0 Å². The molecule has 0 unspecified atom stereocenters. The molecule has 0 aliphatic carbocycles. The molecule has 0 saturated carbocycles. The summed E-state index contributed by atoms with van der Waals surface area (Å²) >= 11 is 5.85. The van der Waals surface area contributed by atoms with Crippen LogP contribution in [-0.4, -0.2) is 28.7 Å². The van der Waals surface area contributed by atoms with Crippen molar-refractivity contribution >= 4 is 23.1 Å². The van der Waals surface area contributed by atoms with Gasteiger partial charge in [0.25, 0.3) is 0 Å². The molecule has 5 heteroatoms. The van der Waals surface area contributed by atoms with Crippen molar-refractivity contribution in [3.8, 4) is 0 Å². The van der Waals surface area contributed by atoms with Gasteiger partial charge < -0.3 is 4.90 Å². The van der Waals surface area contributed by atoms with Gasteiger partial charge in [0.05, 0.1) is 6.20 Å². The van der Waals surface area contributed by atoms with E-state index in [1.165, 1.54) is 0 Å². The maximum Gasteiger partial charge on any atom is 0.159 e. The van der Waals surface area contributed by atoms with Gasteiger partial charge in [-0.2, -0.15) is 9.61 Å². The van der Waals surface area contributed by atoms with Gasteiger partial charge >= 0.3 is 0 Å². The van der Waals surface area contributed by atoms with Crippen LogP contribution in [0.25, 0.3) is 5.65 Å². The van der Waals surface area contributed by atoms with E-state index in [-0.39, 0.29) is 0 Å². The maximum atomic E-state index is 5.85. The molecule has 0 fully saturated rings. The average molecular weight is 197 g/mol. The summed E-state index contributed by atoms with van der Waals surface area (Å²) in [6.45, 7) is 0. The number of fused-ring (bicyclic) bond motifs is 1. The number of hydrogen-bond acceptors (Lipinski definition) is 3. The van der Waals surface area contributed by atoms with Crippen LogP contribution in [0, 0.1) is 0 Å². The minimum atomic E-state index is 0.483. The van der Waals surface area contributed by atoms with Gasteiger partial charge in [0.15, 0.2) is 5.65 Å². The lowest BCUT2D eigenvalue weighted by molar-refractivity contribution is 0.896. The molecule has 2 heterocycles. The predicted octanol–water partition coefficient (Wildman–Crippen LogP) is 1.45. The molecule has 0 N–H and O–H groups in total. The summed E-state index contributed by atoms with van der Waals surface area (Å²) in [6, 6.07) is 3.60. The number of halogens is 1. The van der Waals surface area contributed by atoms with Crippen molar-refractivity contribution in [2.24, 2.45) is 0 Å². The fourth-order valence-corrected chi connectivity index (χ4v) is 1.37. The van der Waals surface area contributed by atoms with Crippen LogP contribution in [0.1, 0.15) is 0 Å². The van der Waals surface area contributed by atoms with Crippen LogP contribution in [0.4, 0.5) is 5.82 Å². The summed E-state index contributed by atoms with van der Waals surface area (Å²) in [5.41, 5.74) is 0.760. The monoisotopic (exact) mass is 196 g/mol. The fraction of sp³-hybridized carbons (Fsp3) is 0.250. The van der Waals surface area contributed by atoms with Gasteiger partial charge in [-0.1, -0.05) is 11.6 Å². The van der Waals surface area contributed by atoms with Crippen LogP contribution in [0.5, 0.6) is 0 Å². The highest BCUT2D eigenvalue weighted by atomic mass is 35.5. The third-order valence-corrected chi connectivity index (χ3v) is 1.96. The number of anilines is 1. The lowest BCUT2D eigenvalue weighted by atomic mass is 10.5. The van der Waals surface area contributed by atoms with Crippen LogP contribution in [0.2, 0.25) is 5.15 Å². The number of rotatable bonds is 1. The summed E-state index contributed by atoms with van der Waals surface area (Å²) < 4.78 is 1.74. The fourth-order valence-electron chi connectivity index (χ4n) is 1.19. The van der Waals surface area contributed by atoms with Crippen molar-refractivity contribution in [1.82, 2.24) is 14.6 Å². The van der Waals surface area contributed by atoms with Crippen LogP contribution in [0.3, 0.4) is 0 Å². The molecule has 0 radical (unpaired) electrons. The topological polar surface area (TPSA) is 33.4 Å². The molecule has 0 atom stereocenters. The third kappa shape index (κ3) is 1.33. The largest absolute Gasteiger partial charge is 0.363 e. The van der Waals surface area contributed by atoms with E-state index in [4.69, 9.17) is 11.6 Å². The Balaban J connectivity index is 2.77. The Morgan fingerprint density at radius 2 is 2.23 bits per heavy atom. The quantitative estimate of drug-likeness (QED) is 0.648. The van der Waals surface area contributed by atoms with E-state index >= 15 is 0 Å². The Hall–Kier alpha value is -1.29. The molecule has 68 valence electrons. The Morgan fingerprint density at radius 1 is 1.46 bits per heavy atom. The first-order chi connectivity index (χ1) is 6.18. The second-order valence-electron chi connectivity index (χ2n) is 2.93. The molecule has 2 rings (SSSR count). The molecule has 0 spiro atoms. The molecule has 0 saturated heterocycles. The highest BCUT2D eigenvalue weighted by Crippen LogP contribution is 2.17. The van der Waals surface area contributed by atoms with Gasteiger partial charge in [0, 0.05) is 26.2 Å². The molecule has 0 aliphatic heterocycles. The van der Waals surface area contributed by atoms with E-state index in [0.717, 1.165) is 11.5 Å². The first-order valence-corrected chi connectivity index (χ1v) is 4.24. The van der Waals surface area contributed by atoms with Crippen molar-refractivity contribution in [3.63, 3.8) is 0 Å². The average Bonchev–Trinajstić information content (AvgIpc) is 2.49. The smallest absolute Gasteiger partial charge is 0.159 e. The molecule has 4 nitrogen and oxygen atoms in total. The molecule has 0 aromatic carbocycles. The van der Waals surface area contributed by atoms with Crippen molar-refractivity contribution in [1.29, 1.82) is 0 Å². The summed E-state index contributed by atoms with van der Waals surface area (Å²) in [7, 11) is 3.87. The molecule has 0 aliphatic rings. The maximum absolute atomic E-state index is 5.85.